The molecule has 2 heterocycles. The largest absolute Gasteiger partial charge is 0.358 e. The van der Waals surface area contributed by atoms with E-state index in [2.05, 4.69) is 49.2 Å². The van der Waals surface area contributed by atoms with Gasteiger partial charge in [0.1, 0.15) is 0 Å². The lowest BCUT2D eigenvalue weighted by Gasteiger charge is -2.06. The highest BCUT2D eigenvalue weighted by atomic mass is 35.5. The fourth-order valence-corrected chi connectivity index (χ4v) is 3.24. The Morgan fingerprint density at radius 1 is 1.00 bits per heavy atom. The maximum Gasteiger partial charge on any atom is 0.0738 e. The van der Waals surface area contributed by atoms with Crippen LogP contribution in [0, 0.1) is 13.8 Å². The summed E-state index contributed by atoms with van der Waals surface area (Å²) in [6, 6.07) is 16.4. The van der Waals surface area contributed by atoms with Gasteiger partial charge in [-0.05, 0) is 43.7 Å². The van der Waals surface area contributed by atoms with Gasteiger partial charge < -0.3 is 4.98 Å². The van der Waals surface area contributed by atoms with Crippen molar-refractivity contribution in [3.05, 3.63) is 64.8 Å². The lowest BCUT2D eigenvalue weighted by Crippen LogP contribution is -1.88. The first-order chi connectivity index (χ1) is 10.6. The molecule has 0 fully saturated rings. The van der Waals surface area contributed by atoms with Crippen LogP contribution in [-0.2, 0) is 0 Å². The summed E-state index contributed by atoms with van der Waals surface area (Å²) in [6.45, 7) is 4.17. The van der Waals surface area contributed by atoms with Crippen LogP contribution in [0.4, 0.5) is 0 Å². The van der Waals surface area contributed by atoms with E-state index in [-0.39, 0.29) is 0 Å². The number of hydrogen-bond acceptors (Lipinski definition) is 1. The molecule has 2 aromatic heterocycles. The van der Waals surface area contributed by atoms with E-state index >= 15 is 0 Å². The molecule has 0 aliphatic heterocycles. The molecule has 0 saturated carbocycles. The van der Waals surface area contributed by atoms with Gasteiger partial charge in [-0.25, -0.2) is 4.98 Å². The van der Waals surface area contributed by atoms with Crippen LogP contribution in [0.25, 0.3) is 33.1 Å². The molecule has 0 aliphatic rings. The summed E-state index contributed by atoms with van der Waals surface area (Å²) in [5, 5.41) is 3.02. The maximum atomic E-state index is 6.17. The third kappa shape index (κ3) is 1.99. The Bertz CT molecular complexity index is 1010. The zero-order chi connectivity index (χ0) is 15.3. The third-order valence-corrected chi connectivity index (χ3v) is 4.36. The van der Waals surface area contributed by atoms with Crippen LogP contribution >= 0.6 is 11.6 Å². The number of rotatable bonds is 1. The predicted molar refractivity (Wildman–Crippen MR) is 93.5 cm³/mol. The molecule has 0 atom stereocenters. The van der Waals surface area contributed by atoms with Crippen LogP contribution in [0.15, 0.2) is 48.5 Å². The molecule has 0 radical (unpaired) electrons. The second-order valence-electron chi connectivity index (χ2n) is 5.66. The first-order valence-corrected chi connectivity index (χ1v) is 7.66. The zero-order valence-corrected chi connectivity index (χ0v) is 13.2. The van der Waals surface area contributed by atoms with E-state index in [1.165, 1.54) is 10.9 Å². The van der Waals surface area contributed by atoms with Crippen LogP contribution in [0.2, 0.25) is 5.02 Å². The SMILES string of the molecule is Cc1[nH]c2ccc(Cl)cc2c1-c1ccc2cccc(C)c2n1. The highest BCUT2D eigenvalue weighted by Crippen LogP contribution is 2.33. The topological polar surface area (TPSA) is 28.7 Å². The summed E-state index contributed by atoms with van der Waals surface area (Å²) in [4.78, 5) is 8.31. The predicted octanol–water partition coefficient (Wildman–Crippen LogP) is 5.65. The van der Waals surface area contributed by atoms with Crippen molar-refractivity contribution in [3.63, 3.8) is 0 Å². The van der Waals surface area contributed by atoms with Gasteiger partial charge in [-0.2, -0.15) is 0 Å². The normalized spacial score (nSPS) is 11.4. The second kappa shape index (κ2) is 4.85. The van der Waals surface area contributed by atoms with Crippen LogP contribution in [0.1, 0.15) is 11.3 Å². The van der Waals surface area contributed by atoms with Crippen molar-refractivity contribution in [3.8, 4) is 11.3 Å². The van der Waals surface area contributed by atoms with E-state index in [4.69, 9.17) is 16.6 Å². The summed E-state index contributed by atoms with van der Waals surface area (Å²) in [7, 11) is 0. The van der Waals surface area contributed by atoms with Crippen molar-refractivity contribution in [2.75, 3.05) is 0 Å². The van der Waals surface area contributed by atoms with E-state index in [1.54, 1.807) is 0 Å². The summed E-state index contributed by atoms with van der Waals surface area (Å²) in [5.74, 6) is 0. The number of para-hydroxylation sites is 1. The summed E-state index contributed by atoms with van der Waals surface area (Å²) >= 11 is 6.17. The summed E-state index contributed by atoms with van der Waals surface area (Å²) in [6.07, 6.45) is 0. The molecule has 0 amide bonds. The summed E-state index contributed by atoms with van der Waals surface area (Å²) in [5.41, 5.74) is 6.54. The molecule has 0 bridgehead atoms. The number of aromatic amines is 1. The Kier molecular flexibility index (Phi) is 2.95. The number of halogens is 1. The minimum Gasteiger partial charge on any atom is -0.358 e. The number of H-pyrrole nitrogens is 1. The first kappa shape index (κ1) is 13.4. The molecule has 22 heavy (non-hydrogen) atoms. The third-order valence-electron chi connectivity index (χ3n) is 4.13. The number of nitrogens with one attached hydrogen (secondary N) is 1. The Morgan fingerprint density at radius 2 is 1.86 bits per heavy atom. The quantitative estimate of drug-likeness (QED) is 0.483. The van der Waals surface area contributed by atoms with Gasteiger partial charge >= 0.3 is 0 Å². The first-order valence-electron chi connectivity index (χ1n) is 7.28. The highest BCUT2D eigenvalue weighted by Gasteiger charge is 2.13. The standard InChI is InChI=1S/C19H15ClN2/c1-11-4-3-5-13-6-8-17(22-19(11)13)18-12(2)21-16-9-7-14(20)10-15(16)18/h3-10,21H,1-2H3. The average molecular weight is 307 g/mol. The molecular weight excluding hydrogens is 292 g/mol. The molecule has 0 unspecified atom stereocenters. The fourth-order valence-electron chi connectivity index (χ4n) is 3.06. The smallest absolute Gasteiger partial charge is 0.0738 e. The van der Waals surface area contributed by atoms with E-state index in [0.717, 1.165) is 38.4 Å². The van der Waals surface area contributed by atoms with Gasteiger partial charge in [0.15, 0.2) is 0 Å². The average Bonchev–Trinajstić information content (AvgIpc) is 2.83. The molecule has 108 valence electrons. The van der Waals surface area contributed by atoms with Crippen molar-refractivity contribution in [1.29, 1.82) is 0 Å². The number of nitrogens with zero attached hydrogens (tertiary/aromatic N) is 1. The Labute approximate surface area is 133 Å². The van der Waals surface area contributed by atoms with Gasteiger partial charge in [0.2, 0.25) is 0 Å². The van der Waals surface area contributed by atoms with E-state index in [0.29, 0.717) is 0 Å². The number of benzene rings is 2. The van der Waals surface area contributed by atoms with E-state index in [9.17, 15) is 0 Å². The van der Waals surface area contributed by atoms with Gasteiger partial charge in [-0.15, -0.1) is 0 Å². The van der Waals surface area contributed by atoms with Crippen molar-refractivity contribution in [2.24, 2.45) is 0 Å². The molecule has 4 aromatic rings. The van der Waals surface area contributed by atoms with Crippen molar-refractivity contribution in [1.82, 2.24) is 9.97 Å². The Balaban J connectivity index is 2.04. The number of pyridine rings is 1. The van der Waals surface area contributed by atoms with Gasteiger partial charge in [-0.1, -0.05) is 35.9 Å². The molecule has 0 spiro atoms. The highest BCUT2D eigenvalue weighted by molar-refractivity contribution is 6.31. The minimum atomic E-state index is 0.740. The molecular formula is C19H15ClN2. The second-order valence-corrected chi connectivity index (χ2v) is 6.09. The molecule has 4 rings (SSSR count). The number of fused-ring (bicyclic) bond motifs is 2. The Morgan fingerprint density at radius 3 is 2.73 bits per heavy atom. The summed E-state index contributed by atoms with van der Waals surface area (Å²) < 4.78 is 0. The monoisotopic (exact) mass is 306 g/mol. The zero-order valence-electron chi connectivity index (χ0n) is 12.4. The van der Waals surface area contributed by atoms with Crippen molar-refractivity contribution in [2.45, 2.75) is 13.8 Å². The van der Waals surface area contributed by atoms with E-state index in [1.807, 2.05) is 18.2 Å². The molecule has 0 saturated heterocycles. The van der Waals surface area contributed by atoms with Gasteiger partial charge in [0.05, 0.1) is 11.2 Å². The number of aromatic nitrogens is 2. The molecule has 2 aromatic carbocycles. The van der Waals surface area contributed by atoms with Crippen LogP contribution in [-0.4, -0.2) is 9.97 Å². The molecule has 3 heteroatoms. The van der Waals surface area contributed by atoms with Gasteiger partial charge in [0.25, 0.3) is 0 Å². The Hall–Kier alpha value is -2.32. The van der Waals surface area contributed by atoms with Crippen molar-refractivity contribution >= 4 is 33.4 Å². The van der Waals surface area contributed by atoms with Crippen LogP contribution in [0.3, 0.4) is 0 Å². The fraction of sp³-hybridized carbons (Fsp3) is 0.105. The lowest BCUT2D eigenvalue weighted by molar-refractivity contribution is 1.28. The van der Waals surface area contributed by atoms with Crippen LogP contribution < -0.4 is 0 Å². The molecule has 2 nitrogen and oxygen atoms in total. The van der Waals surface area contributed by atoms with Gasteiger partial charge in [-0.3, -0.25) is 0 Å². The van der Waals surface area contributed by atoms with Gasteiger partial charge in [0, 0.05) is 32.6 Å². The van der Waals surface area contributed by atoms with Crippen LogP contribution in [0.5, 0.6) is 0 Å². The minimum absolute atomic E-state index is 0.740. The molecule has 1 N–H and O–H groups in total. The number of aryl methyl sites for hydroxylation is 2. The molecule has 0 aliphatic carbocycles. The number of hydrogen-bond donors (Lipinski definition) is 1. The lowest BCUT2D eigenvalue weighted by atomic mass is 10.0. The van der Waals surface area contributed by atoms with Crippen molar-refractivity contribution < 1.29 is 0 Å². The van der Waals surface area contributed by atoms with E-state index < -0.39 is 0 Å². The maximum absolute atomic E-state index is 6.17.